The predicted octanol–water partition coefficient (Wildman–Crippen LogP) is 16.2. The zero-order chi connectivity index (χ0) is 41.7. The van der Waals surface area contributed by atoms with Gasteiger partial charge in [0.1, 0.15) is 0 Å². The fraction of sp³-hybridized carbons (Fsp3) is 0.100. The summed E-state index contributed by atoms with van der Waals surface area (Å²) in [6.07, 6.45) is 0. The minimum atomic E-state index is -0.148. The van der Waals surface area contributed by atoms with E-state index in [9.17, 15) is 0 Å². The molecule has 9 aromatic carbocycles. The molecule has 0 N–H and O–H groups in total. The second kappa shape index (κ2) is 13.5. The first-order chi connectivity index (χ1) is 30.3. The van der Waals surface area contributed by atoms with Crippen molar-refractivity contribution in [2.24, 2.45) is 0 Å². The number of hydrogen-bond donors (Lipinski definition) is 0. The van der Waals surface area contributed by atoms with Gasteiger partial charge in [-0.15, -0.1) is 0 Å². The predicted molar refractivity (Wildman–Crippen MR) is 261 cm³/mol. The maximum absolute atomic E-state index is 2.56. The van der Waals surface area contributed by atoms with Crippen molar-refractivity contribution in [3.8, 4) is 50.2 Å². The van der Waals surface area contributed by atoms with Gasteiger partial charge in [0, 0.05) is 44.0 Å². The fourth-order valence-corrected chi connectivity index (χ4v) is 11.0. The van der Waals surface area contributed by atoms with Crippen LogP contribution in [0.5, 0.6) is 0 Å². The highest BCUT2D eigenvalue weighted by atomic mass is 15.2. The summed E-state index contributed by atoms with van der Waals surface area (Å²) in [5, 5.41) is 2.48. The SMILES string of the molecule is CC1(C)c2ccccc2-c2cc(-c3ccccc3N(c3ccccc3-c3ccc4c(c3)c3ccccc3n4-c3ccccc3)c3cccc4c3-c3ccccc3C4(C)C)ccc21. The van der Waals surface area contributed by atoms with Crippen molar-refractivity contribution in [1.82, 2.24) is 4.57 Å². The molecule has 0 bridgehead atoms. The summed E-state index contributed by atoms with van der Waals surface area (Å²) < 4.78 is 2.39. The molecular weight excluding hydrogens is 749 g/mol. The van der Waals surface area contributed by atoms with E-state index < -0.39 is 0 Å². The van der Waals surface area contributed by atoms with Gasteiger partial charge in [0.15, 0.2) is 0 Å². The van der Waals surface area contributed by atoms with Crippen LogP contribution in [0.2, 0.25) is 0 Å². The van der Waals surface area contributed by atoms with Crippen molar-refractivity contribution in [1.29, 1.82) is 0 Å². The number of fused-ring (bicyclic) bond motifs is 9. The molecule has 0 unspecified atom stereocenters. The van der Waals surface area contributed by atoms with Crippen molar-refractivity contribution in [3.05, 3.63) is 229 Å². The molecular formula is C60H46N2. The van der Waals surface area contributed by atoms with E-state index in [1.807, 2.05) is 0 Å². The lowest BCUT2D eigenvalue weighted by Crippen LogP contribution is -2.16. The molecule has 2 aliphatic carbocycles. The summed E-state index contributed by atoms with van der Waals surface area (Å²) in [5.41, 5.74) is 22.3. The van der Waals surface area contributed by atoms with Crippen molar-refractivity contribution < 1.29 is 0 Å². The number of hydrogen-bond acceptors (Lipinski definition) is 1. The number of anilines is 3. The molecule has 0 saturated heterocycles. The van der Waals surface area contributed by atoms with Gasteiger partial charge in [-0.25, -0.2) is 0 Å². The Morgan fingerprint density at radius 1 is 0.339 bits per heavy atom. The monoisotopic (exact) mass is 794 g/mol. The van der Waals surface area contributed by atoms with Gasteiger partial charge in [0.2, 0.25) is 0 Å². The van der Waals surface area contributed by atoms with E-state index in [0.717, 1.165) is 17.1 Å². The third-order valence-corrected chi connectivity index (χ3v) is 14.0. The highest BCUT2D eigenvalue weighted by Crippen LogP contribution is 2.56. The number of benzene rings is 9. The first-order valence-corrected chi connectivity index (χ1v) is 21.9. The van der Waals surface area contributed by atoms with Crippen molar-refractivity contribution in [3.63, 3.8) is 0 Å². The molecule has 2 heteroatoms. The normalized spacial score (nSPS) is 14.1. The number of rotatable bonds is 6. The Balaban J connectivity index is 1.11. The lowest BCUT2D eigenvalue weighted by Gasteiger charge is -2.32. The Bertz CT molecular complexity index is 3420. The Morgan fingerprint density at radius 3 is 1.58 bits per heavy atom. The molecule has 2 aliphatic rings. The molecule has 1 aromatic heterocycles. The van der Waals surface area contributed by atoms with Crippen LogP contribution >= 0.6 is 0 Å². The zero-order valence-corrected chi connectivity index (χ0v) is 35.5. The summed E-state index contributed by atoms with van der Waals surface area (Å²) >= 11 is 0. The van der Waals surface area contributed by atoms with E-state index in [2.05, 4.69) is 243 Å². The van der Waals surface area contributed by atoms with Gasteiger partial charge in [0.05, 0.1) is 28.1 Å². The van der Waals surface area contributed by atoms with Crippen LogP contribution in [-0.4, -0.2) is 4.57 Å². The van der Waals surface area contributed by atoms with Gasteiger partial charge in [-0.3, -0.25) is 0 Å². The molecule has 62 heavy (non-hydrogen) atoms. The van der Waals surface area contributed by atoms with Gasteiger partial charge >= 0.3 is 0 Å². The molecule has 0 amide bonds. The van der Waals surface area contributed by atoms with Crippen molar-refractivity contribution >= 4 is 38.9 Å². The largest absolute Gasteiger partial charge is 0.309 e. The highest BCUT2D eigenvalue weighted by Gasteiger charge is 2.39. The van der Waals surface area contributed by atoms with E-state index in [1.54, 1.807) is 0 Å². The zero-order valence-electron chi connectivity index (χ0n) is 35.5. The van der Waals surface area contributed by atoms with Gasteiger partial charge in [-0.1, -0.05) is 179 Å². The van der Waals surface area contributed by atoms with E-state index >= 15 is 0 Å². The Labute approximate surface area is 364 Å². The molecule has 1 heterocycles. The Kier molecular flexibility index (Phi) is 7.96. The van der Waals surface area contributed by atoms with E-state index in [0.29, 0.717) is 0 Å². The molecule has 0 fully saturated rings. The first-order valence-electron chi connectivity index (χ1n) is 21.9. The molecule has 10 aromatic rings. The fourth-order valence-electron chi connectivity index (χ4n) is 11.0. The van der Waals surface area contributed by atoms with Crippen LogP contribution in [0.3, 0.4) is 0 Å². The average Bonchev–Trinajstić information content (AvgIpc) is 3.86. The smallest absolute Gasteiger partial charge is 0.0543 e. The highest BCUT2D eigenvalue weighted by molar-refractivity contribution is 6.11. The minimum Gasteiger partial charge on any atom is -0.309 e. The summed E-state index contributed by atoms with van der Waals surface area (Å²) in [6.45, 7) is 9.46. The summed E-state index contributed by atoms with van der Waals surface area (Å²) in [4.78, 5) is 2.56. The molecule has 296 valence electrons. The van der Waals surface area contributed by atoms with Crippen LogP contribution in [0.1, 0.15) is 49.9 Å². The van der Waals surface area contributed by atoms with E-state index in [1.165, 1.54) is 94.3 Å². The number of aromatic nitrogens is 1. The summed E-state index contributed by atoms with van der Waals surface area (Å²) in [6, 6.07) is 76.6. The van der Waals surface area contributed by atoms with E-state index in [4.69, 9.17) is 0 Å². The topological polar surface area (TPSA) is 8.17 Å². The second-order valence-electron chi connectivity index (χ2n) is 18.1. The molecule has 0 radical (unpaired) electrons. The van der Waals surface area contributed by atoms with Gasteiger partial charge in [-0.05, 0) is 105 Å². The molecule has 12 rings (SSSR count). The maximum Gasteiger partial charge on any atom is 0.0543 e. The van der Waals surface area contributed by atoms with Crippen LogP contribution in [0.4, 0.5) is 17.1 Å². The third-order valence-electron chi connectivity index (χ3n) is 14.0. The lowest BCUT2D eigenvalue weighted by molar-refractivity contribution is 0.660. The average molecular weight is 795 g/mol. The maximum atomic E-state index is 2.56. The van der Waals surface area contributed by atoms with Gasteiger partial charge in [0.25, 0.3) is 0 Å². The summed E-state index contributed by atoms with van der Waals surface area (Å²) in [7, 11) is 0. The number of para-hydroxylation sites is 4. The molecule has 0 atom stereocenters. The van der Waals surface area contributed by atoms with Gasteiger partial charge < -0.3 is 9.47 Å². The van der Waals surface area contributed by atoms with Crippen LogP contribution < -0.4 is 4.90 Å². The quantitative estimate of drug-likeness (QED) is 0.163. The van der Waals surface area contributed by atoms with Crippen molar-refractivity contribution in [2.45, 2.75) is 38.5 Å². The second-order valence-corrected chi connectivity index (χ2v) is 18.1. The molecule has 0 aliphatic heterocycles. The molecule has 0 spiro atoms. The Morgan fingerprint density at radius 2 is 0.839 bits per heavy atom. The summed E-state index contributed by atoms with van der Waals surface area (Å²) in [5.74, 6) is 0. The lowest BCUT2D eigenvalue weighted by atomic mass is 9.82. The van der Waals surface area contributed by atoms with Crippen molar-refractivity contribution in [2.75, 3.05) is 4.90 Å². The molecule has 2 nitrogen and oxygen atoms in total. The van der Waals surface area contributed by atoms with Crippen LogP contribution in [-0.2, 0) is 10.8 Å². The van der Waals surface area contributed by atoms with Crippen LogP contribution in [0.15, 0.2) is 206 Å². The van der Waals surface area contributed by atoms with Crippen LogP contribution in [0.25, 0.3) is 72.0 Å². The standard InChI is InChI=1S/C60H46N2/c1-59(2)49-26-13-8-23-44(49)47-37-39(33-35-51(47)59)42-21-10-15-29-53(42)62(57-32-18-28-52-58(57)46-25-9-14-27-50(46)60(52,3)4)54-30-16-11-22-43(54)40-34-36-56-48(38-40)45-24-12-17-31-55(45)61(56)41-19-6-5-7-20-41/h5-38H,1-4H3. The first kappa shape index (κ1) is 36.4. The molecule has 0 saturated carbocycles. The number of nitrogens with zero attached hydrogens (tertiary/aromatic N) is 2. The minimum absolute atomic E-state index is 0.0613. The van der Waals surface area contributed by atoms with Crippen LogP contribution in [0, 0.1) is 0 Å². The Hall–Kier alpha value is -7.42. The third kappa shape index (κ3) is 5.23. The van der Waals surface area contributed by atoms with Gasteiger partial charge in [-0.2, -0.15) is 0 Å². The van der Waals surface area contributed by atoms with E-state index in [-0.39, 0.29) is 10.8 Å².